The number of fused-ring (bicyclic) bond motifs is 1. The summed E-state index contributed by atoms with van der Waals surface area (Å²) in [6.45, 7) is 1.37. The molecule has 2 aromatic carbocycles. The second-order valence-corrected chi connectivity index (χ2v) is 7.55. The molecule has 31 heavy (non-hydrogen) atoms. The monoisotopic (exact) mass is 410 g/mol. The molecule has 1 amide bonds. The van der Waals surface area contributed by atoms with Gasteiger partial charge in [0, 0.05) is 31.0 Å². The normalized spacial score (nSPS) is 13.0. The minimum absolute atomic E-state index is 0.0162. The third-order valence-electron chi connectivity index (χ3n) is 5.64. The van der Waals surface area contributed by atoms with Crippen LogP contribution >= 0.6 is 0 Å². The van der Waals surface area contributed by atoms with Crippen LogP contribution in [0, 0.1) is 0 Å². The van der Waals surface area contributed by atoms with Crippen LogP contribution in [0.3, 0.4) is 0 Å². The molecule has 1 aliphatic heterocycles. The Balaban J connectivity index is 1.31. The van der Waals surface area contributed by atoms with Gasteiger partial charge in [0.15, 0.2) is 0 Å². The van der Waals surface area contributed by atoms with Crippen LogP contribution in [0.5, 0.6) is 5.75 Å². The van der Waals surface area contributed by atoms with E-state index in [-0.39, 0.29) is 5.91 Å². The van der Waals surface area contributed by atoms with E-state index in [2.05, 4.69) is 28.3 Å². The van der Waals surface area contributed by atoms with Gasteiger partial charge in [-0.05, 0) is 53.9 Å². The number of carbonyl (C=O) groups is 1. The van der Waals surface area contributed by atoms with E-state index in [1.165, 1.54) is 11.1 Å². The molecule has 0 fully saturated rings. The maximum Gasteiger partial charge on any atom is 0.255 e. The van der Waals surface area contributed by atoms with Gasteiger partial charge in [0.05, 0.1) is 30.3 Å². The molecular formula is C25H22N4O2. The van der Waals surface area contributed by atoms with Gasteiger partial charge in [-0.3, -0.25) is 9.78 Å². The average Bonchev–Trinajstić information content (AvgIpc) is 3.34. The summed E-state index contributed by atoms with van der Waals surface area (Å²) in [6.07, 6.45) is 6.24. The highest BCUT2D eigenvalue weighted by atomic mass is 16.5. The van der Waals surface area contributed by atoms with E-state index in [4.69, 9.17) is 4.74 Å². The molecule has 154 valence electrons. The zero-order valence-electron chi connectivity index (χ0n) is 17.2. The highest BCUT2D eigenvalue weighted by Crippen LogP contribution is 2.22. The first-order valence-electron chi connectivity index (χ1n) is 10.2. The molecular weight excluding hydrogens is 388 g/mol. The summed E-state index contributed by atoms with van der Waals surface area (Å²) in [5, 5.41) is 4.43. The Bertz CT molecular complexity index is 1210. The van der Waals surface area contributed by atoms with Gasteiger partial charge < -0.3 is 9.64 Å². The van der Waals surface area contributed by atoms with E-state index in [0.29, 0.717) is 12.1 Å². The zero-order chi connectivity index (χ0) is 21.2. The second kappa shape index (κ2) is 8.07. The number of rotatable bonds is 4. The summed E-state index contributed by atoms with van der Waals surface area (Å²) in [5.41, 5.74) is 5.75. The molecule has 0 saturated heterocycles. The third-order valence-corrected chi connectivity index (χ3v) is 5.64. The highest BCUT2D eigenvalue weighted by Gasteiger charge is 2.21. The number of benzene rings is 2. The molecule has 6 nitrogen and oxygen atoms in total. The van der Waals surface area contributed by atoms with Crippen LogP contribution in [0.25, 0.3) is 16.9 Å². The molecule has 0 spiro atoms. The van der Waals surface area contributed by atoms with Gasteiger partial charge in [0.2, 0.25) is 0 Å². The number of hydrogen-bond donors (Lipinski definition) is 0. The van der Waals surface area contributed by atoms with Crippen molar-refractivity contribution in [1.29, 1.82) is 0 Å². The van der Waals surface area contributed by atoms with Gasteiger partial charge in [-0.25, -0.2) is 4.68 Å². The summed E-state index contributed by atoms with van der Waals surface area (Å²) < 4.78 is 6.99. The fourth-order valence-corrected chi connectivity index (χ4v) is 3.87. The van der Waals surface area contributed by atoms with E-state index in [1.807, 2.05) is 53.6 Å². The van der Waals surface area contributed by atoms with Gasteiger partial charge in [0.1, 0.15) is 5.75 Å². The smallest absolute Gasteiger partial charge is 0.255 e. The van der Waals surface area contributed by atoms with Crippen molar-refractivity contribution < 1.29 is 9.53 Å². The lowest BCUT2D eigenvalue weighted by molar-refractivity contribution is 0.0734. The fourth-order valence-electron chi connectivity index (χ4n) is 3.87. The number of carbonyl (C=O) groups excluding carboxylic acids is 1. The first kappa shape index (κ1) is 19.1. The van der Waals surface area contributed by atoms with Crippen LogP contribution in [0.15, 0.2) is 79.3 Å². The number of ether oxygens (including phenoxy) is 1. The second-order valence-electron chi connectivity index (χ2n) is 7.55. The van der Waals surface area contributed by atoms with E-state index in [1.54, 1.807) is 24.2 Å². The number of pyridine rings is 1. The van der Waals surface area contributed by atoms with Gasteiger partial charge >= 0.3 is 0 Å². The molecule has 1 aliphatic rings. The molecule has 2 aromatic heterocycles. The minimum Gasteiger partial charge on any atom is -0.497 e. The predicted octanol–water partition coefficient (Wildman–Crippen LogP) is 4.14. The van der Waals surface area contributed by atoms with Crippen LogP contribution in [0.2, 0.25) is 0 Å². The lowest BCUT2D eigenvalue weighted by atomic mass is 9.99. The van der Waals surface area contributed by atoms with Crippen molar-refractivity contribution in [2.45, 2.75) is 13.0 Å². The Labute approximate surface area is 180 Å². The van der Waals surface area contributed by atoms with Crippen LogP contribution < -0.4 is 4.74 Å². The molecule has 0 aliphatic carbocycles. The summed E-state index contributed by atoms with van der Waals surface area (Å²) in [5.74, 6) is 0.817. The molecule has 0 N–H and O–H groups in total. The van der Waals surface area contributed by atoms with Crippen molar-refractivity contribution in [3.05, 3.63) is 95.9 Å². The van der Waals surface area contributed by atoms with E-state index >= 15 is 0 Å². The summed E-state index contributed by atoms with van der Waals surface area (Å²) in [7, 11) is 1.64. The minimum atomic E-state index is 0.0162. The molecule has 6 heteroatoms. The lowest BCUT2D eigenvalue weighted by Gasteiger charge is -2.28. The van der Waals surface area contributed by atoms with Crippen molar-refractivity contribution in [3.63, 3.8) is 0 Å². The maximum absolute atomic E-state index is 13.0. The first-order valence-corrected chi connectivity index (χ1v) is 10.2. The van der Waals surface area contributed by atoms with Crippen molar-refractivity contribution in [1.82, 2.24) is 19.7 Å². The van der Waals surface area contributed by atoms with E-state index in [9.17, 15) is 4.79 Å². The Morgan fingerprint density at radius 3 is 2.52 bits per heavy atom. The van der Waals surface area contributed by atoms with Crippen LogP contribution in [-0.2, 0) is 13.0 Å². The number of hydrogen-bond acceptors (Lipinski definition) is 4. The topological polar surface area (TPSA) is 60.2 Å². The number of nitrogens with zero attached hydrogens (tertiary/aromatic N) is 4. The Morgan fingerprint density at radius 2 is 1.77 bits per heavy atom. The van der Waals surface area contributed by atoms with Gasteiger partial charge in [0.25, 0.3) is 5.91 Å². The van der Waals surface area contributed by atoms with Gasteiger partial charge in [-0.1, -0.05) is 24.3 Å². The number of aromatic nitrogens is 3. The largest absolute Gasteiger partial charge is 0.497 e. The Morgan fingerprint density at radius 1 is 0.968 bits per heavy atom. The standard InChI is InChI=1S/C25H22N4O2/c1-31-23-9-7-22(8-10-23)29-17-21(15-27-29)24-11-6-19(14-26-24)25(30)28-13-12-18-4-2-3-5-20(18)16-28/h2-11,14-15,17H,12-13,16H2,1H3. The third kappa shape index (κ3) is 3.80. The van der Waals surface area contributed by atoms with Crippen molar-refractivity contribution in [3.8, 4) is 22.7 Å². The molecule has 4 aromatic rings. The van der Waals surface area contributed by atoms with Crippen LogP contribution in [0.1, 0.15) is 21.5 Å². The molecule has 0 radical (unpaired) electrons. The first-order chi connectivity index (χ1) is 15.2. The molecule has 0 unspecified atom stereocenters. The molecule has 0 saturated carbocycles. The van der Waals surface area contributed by atoms with E-state index < -0.39 is 0 Å². The van der Waals surface area contributed by atoms with E-state index in [0.717, 1.165) is 35.7 Å². The van der Waals surface area contributed by atoms with Crippen molar-refractivity contribution in [2.75, 3.05) is 13.7 Å². The van der Waals surface area contributed by atoms with Crippen LogP contribution in [0.4, 0.5) is 0 Å². The summed E-state index contributed by atoms with van der Waals surface area (Å²) in [4.78, 5) is 19.4. The van der Waals surface area contributed by atoms with Gasteiger partial charge in [-0.2, -0.15) is 5.10 Å². The van der Waals surface area contributed by atoms with Gasteiger partial charge in [-0.15, -0.1) is 0 Å². The summed E-state index contributed by atoms with van der Waals surface area (Å²) in [6, 6.07) is 19.7. The average molecular weight is 410 g/mol. The molecule has 5 rings (SSSR count). The predicted molar refractivity (Wildman–Crippen MR) is 118 cm³/mol. The lowest BCUT2D eigenvalue weighted by Crippen LogP contribution is -2.35. The molecule has 0 atom stereocenters. The zero-order valence-corrected chi connectivity index (χ0v) is 17.2. The quantitative estimate of drug-likeness (QED) is 0.507. The SMILES string of the molecule is COc1ccc(-n2cc(-c3ccc(C(=O)N4CCc5ccccc5C4)cn3)cn2)cc1. The maximum atomic E-state index is 13.0. The number of amides is 1. The number of methoxy groups -OCH3 is 1. The van der Waals surface area contributed by atoms with Crippen LogP contribution in [-0.4, -0.2) is 39.2 Å². The molecule has 3 heterocycles. The Kier molecular flexibility index (Phi) is 4.96. The summed E-state index contributed by atoms with van der Waals surface area (Å²) >= 11 is 0. The van der Waals surface area contributed by atoms with Crippen molar-refractivity contribution in [2.24, 2.45) is 0 Å². The highest BCUT2D eigenvalue weighted by molar-refractivity contribution is 5.94. The fraction of sp³-hybridized carbons (Fsp3) is 0.160. The van der Waals surface area contributed by atoms with Crippen molar-refractivity contribution >= 4 is 5.91 Å². The Hall–Kier alpha value is -3.93. The molecule has 0 bridgehead atoms.